The van der Waals surface area contributed by atoms with Crippen molar-refractivity contribution in [3.05, 3.63) is 71.1 Å². The number of esters is 1. The normalized spacial score (nSPS) is 17.9. The largest absolute Gasteiger partial charge is 0.507 e. The number of aromatic nitrogens is 1. The molecule has 1 aromatic carbocycles. The number of aliphatic hydroxyl groups is 1. The SMILES string of the molecule is COC(=O)c1ccc([C@H]2C(=C(O)c3ccncc3)C(=O)C(=O)N2CCCN(C)C)cc1. The summed E-state index contributed by atoms with van der Waals surface area (Å²) in [5, 5.41) is 10.9. The Labute approximate surface area is 180 Å². The van der Waals surface area contributed by atoms with E-state index in [-0.39, 0.29) is 11.3 Å². The number of likely N-dealkylation sites (tertiary alicyclic amines) is 1. The minimum atomic E-state index is -0.762. The van der Waals surface area contributed by atoms with Crippen LogP contribution in [0.3, 0.4) is 0 Å². The van der Waals surface area contributed by atoms with Crippen LogP contribution in [-0.2, 0) is 14.3 Å². The molecule has 1 aliphatic rings. The van der Waals surface area contributed by atoms with Gasteiger partial charge in [-0.25, -0.2) is 4.79 Å². The summed E-state index contributed by atoms with van der Waals surface area (Å²) in [5.74, 6) is -2.13. The number of Topliss-reactive ketones (excluding diaryl/α,β-unsaturated/α-hetero) is 1. The van der Waals surface area contributed by atoms with Gasteiger partial charge in [0.2, 0.25) is 0 Å². The molecule has 162 valence electrons. The first-order chi connectivity index (χ1) is 14.8. The van der Waals surface area contributed by atoms with E-state index in [0.29, 0.717) is 29.7 Å². The molecule has 1 saturated heterocycles. The lowest BCUT2D eigenvalue weighted by molar-refractivity contribution is -0.139. The molecule has 0 unspecified atom stereocenters. The Balaban J connectivity index is 2.07. The molecule has 0 aliphatic carbocycles. The number of rotatable bonds is 7. The molecule has 1 N–H and O–H groups in total. The predicted molar refractivity (Wildman–Crippen MR) is 114 cm³/mol. The van der Waals surface area contributed by atoms with Crippen LogP contribution in [0.1, 0.15) is 33.9 Å². The van der Waals surface area contributed by atoms with Crippen molar-refractivity contribution in [1.29, 1.82) is 0 Å². The Kier molecular flexibility index (Phi) is 6.81. The van der Waals surface area contributed by atoms with Crippen molar-refractivity contribution in [2.24, 2.45) is 0 Å². The van der Waals surface area contributed by atoms with Gasteiger partial charge in [-0.05, 0) is 56.9 Å². The third kappa shape index (κ3) is 4.64. The third-order valence-electron chi connectivity index (χ3n) is 5.15. The minimum Gasteiger partial charge on any atom is -0.507 e. The van der Waals surface area contributed by atoms with E-state index in [2.05, 4.69) is 4.98 Å². The van der Waals surface area contributed by atoms with Gasteiger partial charge < -0.3 is 19.6 Å². The highest BCUT2D eigenvalue weighted by Crippen LogP contribution is 2.39. The predicted octanol–water partition coefficient (Wildman–Crippen LogP) is 2.24. The molecule has 2 heterocycles. The second-order valence-electron chi connectivity index (χ2n) is 7.50. The van der Waals surface area contributed by atoms with Crippen LogP contribution in [0.4, 0.5) is 0 Å². The van der Waals surface area contributed by atoms with Gasteiger partial charge in [0.15, 0.2) is 0 Å². The van der Waals surface area contributed by atoms with E-state index in [1.807, 2.05) is 19.0 Å². The number of amides is 1. The van der Waals surface area contributed by atoms with Crippen LogP contribution >= 0.6 is 0 Å². The fourth-order valence-electron chi connectivity index (χ4n) is 3.60. The van der Waals surface area contributed by atoms with Gasteiger partial charge in [0.1, 0.15) is 5.76 Å². The number of hydrogen-bond acceptors (Lipinski definition) is 7. The molecule has 1 aliphatic heterocycles. The highest BCUT2D eigenvalue weighted by molar-refractivity contribution is 6.46. The zero-order chi connectivity index (χ0) is 22.5. The van der Waals surface area contributed by atoms with E-state index < -0.39 is 23.7 Å². The Morgan fingerprint density at radius 1 is 1.10 bits per heavy atom. The third-order valence-corrected chi connectivity index (χ3v) is 5.15. The zero-order valence-corrected chi connectivity index (χ0v) is 17.7. The van der Waals surface area contributed by atoms with Crippen LogP contribution in [0, 0.1) is 0 Å². The maximum absolute atomic E-state index is 12.9. The van der Waals surface area contributed by atoms with E-state index in [1.165, 1.54) is 24.4 Å². The molecule has 1 amide bonds. The molecular formula is C23H25N3O5. The maximum Gasteiger partial charge on any atom is 0.337 e. The number of ketones is 1. The number of carbonyl (C=O) groups is 3. The van der Waals surface area contributed by atoms with Crippen LogP contribution in [0.2, 0.25) is 0 Å². The van der Waals surface area contributed by atoms with Crippen molar-refractivity contribution in [1.82, 2.24) is 14.8 Å². The monoisotopic (exact) mass is 423 g/mol. The standard InChI is InChI=1S/C23H25N3O5/c1-25(2)13-4-14-26-19(15-5-7-17(8-6-15)23(30)31-3)18(21(28)22(26)29)20(27)16-9-11-24-12-10-16/h5-12,19,27H,4,13-14H2,1-3H3/t19-/m0/s1. The number of hydrogen-bond donors (Lipinski definition) is 1. The summed E-state index contributed by atoms with van der Waals surface area (Å²) in [4.78, 5) is 45.0. The van der Waals surface area contributed by atoms with Gasteiger partial charge in [-0.15, -0.1) is 0 Å². The van der Waals surface area contributed by atoms with Gasteiger partial charge in [0.05, 0.1) is 24.3 Å². The fourth-order valence-corrected chi connectivity index (χ4v) is 3.60. The Morgan fingerprint density at radius 3 is 2.32 bits per heavy atom. The molecule has 8 heteroatoms. The maximum atomic E-state index is 12.9. The van der Waals surface area contributed by atoms with Crippen LogP contribution in [0.5, 0.6) is 0 Å². The van der Waals surface area contributed by atoms with Crippen LogP contribution < -0.4 is 0 Å². The summed E-state index contributed by atoms with van der Waals surface area (Å²) in [6.07, 6.45) is 3.66. The van der Waals surface area contributed by atoms with Gasteiger partial charge in [0.25, 0.3) is 11.7 Å². The molecular weight excluding hydrogens is 398 g/mol. The molecule has 1 atom stereocenters. The number of carbonyl (C=O) groups excluding carboxylic acids is 3. The minimum absolute atomic E-state index is 0.0203. The summed E-state index contributed by atoms with van der Waals surface area (Å²) >= 11 is 0. The summed E-state index contributed by atoms with van der Waals surface area (Å²) in [5.41, 5.74) is 1.39. The van der Waals surface area contributed by atoms with Gasteiger partial charge >= 0.3 is 5.97 Å². The number of pyridine rings is 1. The second kappa shape index (κ2) is 9.53. The number of benzene rings is 1. The summed E-state index contributed by atoms with van der Waals surface area (Å²) in [7, 11) is 5.16. The van der Waals surface area contributed by atoms with Crippen LogP contribution in [0.25, 0.3) is 5.76 Å². The van der Waals surface area contributed by atoms with Crippen molar-refractivity contribution < 1.29 is 24.2 Å². The number of nitrogens with zero attached hydrogens (tertiary/aromatic N) is 3. The first-order valence-electron chi connectivity index (χ1n) is 9.87. The second-order valence-corrected chi connectivity index (χ2v) is 7.50. The summed E-state index contributed by atoms with van der Waals surface area (Å²) in [6.45, 7) is 1.08. The van der Waals surface area contributed by atoms with Crippen LogP contribution in [0.15, 0.2) is 54.4 Å². The molecule has 0 saturated carbocycles. The molecule has 31 heavy (non-hydrogen) atoms. The smallest absolute Gasteiger partial charge is 0.337 e. The lowest BCUT2D eigenvalue weighted by Crippen LogP contribution is -2.32. The topological polar surface area (TPSA) is 100 Å². The molecule has 0 radical (unpaired) electrons. The number of methoxy groups -OCH3 is 1. The summed E-state index contributed by atoms with van der Waals surface area (Å²) in [6, 6.07) is 8.88. The number of ether oxygens (including phenoxy) is 1. The Hall–Kier alpha value is -3.52. The first kappa shape index (κ1) is 22.2. The molecule has 1 fully saturated rings. The molecule has 2 aromatic rings. The summed E-state index contributed by atoms with van der Waals surface area (Å²) < 4.78 is 4.73. The van der Waals surface area contributed by atoms with Gasteiger partial charge in [-0.2, -0.15) is 0 Å². The first-order valence-corrected chi connectivity index (χ1v) is 9.87. The van der Waals surface area contributed by atoms with E-state index in [0.717, 1.165) is 6.54 Å². The fraction of sp³-hybridized carbons (Fsp3) is 0.304. The quantitative estimate of drug-likeness (QED) is 0.315. The highest BCUT2D eigenvalue weighted by Gasteiger charge is 2.45. The van der Waals surface area contributed by atoms with Crippen molar-refractivity contribution in [3.63, 3.8) is 0 Å². The Bertz CT molecular complexity index is 1000. The van der Waals surface area contributed by atoms with E-state index >= 15 is 0 Å². The molecule has 0 bridgehead atoms. The lowest BCUT2D eigenvalue weighted by atomic mass is 9.95. The van der Waals surface area contributed by atoms with Crippen LogP contribution in [-0.4, -0.2) is 71.8 Å². The van der Waals surface area contributed by atoms with Crippen molar-refractivity contribution in [2.45, 2.75) is 12.5 Å². The average molecular weight is 423 g/mol. The Morgan fingerprint density at radius 2 is 1.74 bits per heavy atom. The van der Waals surface area contributed by atoms with Crippen molar-refractivity contribution >= 4 is 23.4 Å². The van der Waals surface area contributed by atoms with Gasteiger partial charge in [-0.1, -0.05) is 12.1 Å². The number of aliphatic hydroxyl groups excluding tert-OH is 1. The van der Waals surface area contributed by atoms with Crippen molar-refractivity contribution in [2.75, 3.05) is 34.3 Å². The van der Waals surface area contributed by atoms with E-state index in [1.54, 1.807) is 36.4 Å². The van der Waals surface area contributed by atoms with Gasteiger partial charge in [-0.3, -0.25) is 14.6 Å². The zero-order valence-electron chi connectivity index (χ0n) is 17.7. The average Bonchev–Trinajstić information content (AvgIpc) is 3.03. The molecule has 0 spiro atoms. The van der Waals surface area contributed by atoms with Crippen molar-refractivity contribution in [3.8, 4) is 0 Å². The molecule has 1 aromatic heterocycles. The molecule has 3 rings (SSSR count). The molecule has 8 nitrogen and oxygen atoms in total. The lowest BCUT2D eigenvalue weighted by Gasteiger charge is -2.26. The van der Waals surface area contributed by atoms with E-state index in [9.17, 15) is 19.5 Å². The van der Waals surface area contributed by atoms with E-state index in [4.69, 9.17) is 4.74 Å². The van der Waals surface area contributed by atoms with Gasteiger partial charge in [0, 0.05) is 24.5 Å². The highest BCUT2D eigenvalue weighted by atomic mass is 16.5.